The van der Waals surface area contributed by atoms with Gasteiger partial charge in [0.2, 0.25) is 5.91 Å². The summed E-state index contributed by atoms with van der Waals surface area (Å²) in [6, 6.07) is 35.3. The van der Waals surface area contributed by atoms with Gasteiger partial charge in [-0.05, 0) is 90.4 Å². The molecule has 9 nitrogen and oxygen atoms in total. The molecule has 5 aromatic rings. The van der Waals surface area contributed by atoms with Crippen LogP contribution < -0.4 is 16.0 Å². The highest BCUT2D eigenvalue weighted by Gasteiger charge is 2.23. The van der Waals surface area contributed by atoms with Crippen LogP contribution in [0.15, 0.2) is 144 Å². The highest BCUT2D eigenvalue weighted by Crippen LogP contribution is 2.37. The molecule has 1 unspecified atom stereocenters. The molecular formula is C40H36N4O5S. The van der Waals surface area contributed by atoms with Gasteiger partial charge in [-0.3, -0.25) is 19.4 Å². The topological polar surface area (TPSA) is 126 Å². The van der Waals surface area contributed by atoms with Crippen LogP contribution in [0.4, 0.5) is 11.4 Å². The van der Waals surface area contributed by atoms with Gasteiger partial charge in [-0.25, -0.2) is 4.79 Å². The molecule has 0 fully saturated rings. The molecular weight excluding hydrogens is 649 g/mol. The molecule has 0 radical (unpaired) electrons. The lowest BCUT2D eigenvalue weighted by Crippen LogP contribution is -2.30. The maximum absolute atomic E-state index is 13.6. The lowest BCUT2D eigenvalue weighted by Gasteiger charge is -2.18. The first kappa shape index (κ1) is 35.3. The Morgan fingerprint density at radius 1 is 0.760 bits per heavy atom. The number of nitrogens with one attached hydrogen (secondary N) is 3. The predicted octanol–water partition coefficient (Wildman–Crippen LogP) is 7.92. The van der Waals surface area contributed by atoms with Crippen LogP contribution in [0.25, 0.3) is 6.08 Å². The van der Waals surface area contributed by atoms with Gasteiger partial charge in [-0.1, -0.05) is 67.9 Å². The van der Waals surface area contributed by atoms with Crippen LogP contribution in [0.2, 0.25) is 0 Å². The summed E-state index contributed by atoms with van der Waals surface area (Å²) in [5.74, 6) is -1.57. The van der Waals surface area contributed by atoms with E-state index < -0.39 is 23.0 Å². The van der Waals surface area contributed by atoms with Crippen LogP contribution in [0.5, 0.6) is 0 Å². The fraction of sp³-hybridized carbons (Fsp3) is 0.125. The average molecular weight is 685 g/mol. The molecule has 0 bridgehead atoms. The van der Waals surface area contributed by atoms with E-state index in [1.165, 1.54) is 11.8 Å². The zero-order chi connectivity index (χ0) is 35.1. The second-order valence-corrected chi connectivity index (χ2v) is 12.3. The van der Waals surface area contributed by atoms with Gasteiger partial charge >= 0.3 is 5.97 Å². The first-order chi connectivity index (χ1) is 24.4. The van der Waals surface area contributed by atoms with Gasteiger partial charge in [0, 0.05) is 34.2 Å². The number of hydrogen-bond acceptors (Lipinski definition) is 7. The molecule has 252 valence electrons. The van der Waals surface area contributed by atoms with Crippen molar-refractivity contribution in [2.45, 2.75) is 29.9 Å². The van der Waals surface area contributed by atoms with Gasteiger partial charge in [0.15, 0.2) is 0 Å². The summed E-state index contributed by atoms with van der Waals surface area (Å²) >= 11 is 1.36. The molecule has 0 saturated carbocycles. The van der Waals surface area contributed by atoms with Gasteiger partial charge < -0.3 is 20.7 Å². The van der Waals surface area contributed by atoms with E-state index in [0.717, 1.165) is 23.3 Å². The maximum atomic E-state index is 13.6. The van der Waals surface area contributed by atoms with E-state index in [9.17, 15) is 19.2 Å². The smallest absolute Gasteiger partial charge is 0.338 e. The molecule has 4 aromatic carbocycles. The molecule has 1 aromatic heterocycles. The molecule has 0 aliphatic rings. The third-order valence-electron chi connectivity index (χ3n) is 7.35. The third-order valence-corrected chi connectivity index (χ3v) is 8.62. The van der Waals surface area contributed by atoms with E-state index in [-0.39, 0.29) is 11.6 Å². The van der Waals surface area contributed by atoms with Crippen molar-refractivity contribution < 1.29 is 23.9 Å². The number of carbonyl (C=O) groups excluding carboxylic acids is 4. The van der Waals surface area contributed by atoms with Gasteiger partial charge in [-0.2, -0.15) is 0 Å². The minimum atomic E-state index is -0.599. The molecule has 0 aliphatic heterocycles. The molecule has 0 aliphatic carbocycles. The van der Waals surface area contributed by atoms with Gasteiger partial charge in [0.05, 0.1) is 12.2 Å². The van der Waals surface area contributed by atoms with E-state index in [4.69, 9.17) is 4.74 Å². The number of thioether (sulfide) groups is 1. The SMILES string of the molecule is CCCCOC(=O)c1ccc(NC(=O)C(Sc2ccc(NC(=O)/C(=C/c3cccnc3)NC(=O)c3ccccc3)cc2)c2ccccc2)cc1. The maximum Gasteiger partial charge on any atom is 0.338 e. The highest BCUT2D eigenvalue weighted by molar-refractivity contribution is 8.00. The molecule has 5 rings (SSSR count). The first-order valence-electron chi connectivity index (χ1n) is 16.1. The molecule has 0 spiro atoms. The van der Waals surface area contributed by atoms with Crippen LogP contribution >= 0.6 is 11.8 Å². The zero-order valence-corrected chi connectivity index (χ0v) is 28.2. The van der Waals surface area contributed by atoms with Crippen molar-refractivity contribution in [1.29, 1.82) is 0 Å². The average Bonchev–Trinajstić information content (AvgIpc) is 3.15. The summed E-state index contributed by atoms with van der Waals surface area (Å²) < 4.78 is 5.27. The van der Waals surface area contributed by atoms with Crippen LogP contribution in [-0.4, -0.2) is 35.3 Å². The number of rotatable bonds is 14. The van der Waals surface area contributed by atoms with Crippen molar-refractivity contribution in [3.05, 3.63) is 162 Å². The Bertz CT molecular complexity index is 1920. The number of unbranched alkanes of at least 4 members (excludes halogenated alkanes) is 1. The standard InChI is InChI=1S/C40H36N4O5S/c1-2-3-25-49-40(48)31-16-18-32(19-17-31)43-39(47)36(29-12-6-4-7-13-29)50-34-22-20-33(21-23-34)42-38(46)35(26-28-11-10-24-41-27-28)44-37(45)30-14-8-5-9-15-30/h4-24,26-27,36H,2-3,25H2,1H3,(H,42,46)(H,43,47)(H,44,45)/b35-26-. The number of hydrogen-bond donors (Lipinski definition) is 3. The molecule has 3 N–H and O–H groups in total. The molecule has 1 atom stereocenters. The number of aromatic nitrogens is 1. The summed E-state index contributed by atoms with van der Waals surface area (Å²) in [5.41, 5.74) is 3.38. The number of pyridine rings is 1. The Kier molecular flexibility index (Phi) is 12.7. The fourth-order valence-corrected chi connectivity index (χ4v) is 5.74. The van der Waals surface area contributed by atoms with Gasteiger partial charge in [-0.15, -0.1) is 11.8 Å². The molecule has 1 heterocycles. The van der Waals surface area contributed by atoms with Crippen molar-refractivity contribution in [2.75, 3.05) is 17.2 Å². The fourth-order valence-electron chi connectivity index (χ4n) is 4.71. The van der Waals surface area contributed by atoms with Crippen LogP contribution in [0, 0.1) is 0 Å². The second kappa shape index (κ2) is 18.0. The molecule has 50 heavy (non-hydrogen) atoms. The minimum Gasteiger partial charge on any atom is -0.462 e. The second-order valence-electron chi connectivity index (χ2n) is 11.1. The van der Waals surface area contributed by atoms with E-state index in [2.05, 4.69) is 20.9 Å². The van der Waals surface area contributed by atoms with Gasteiger partial charge in [0.25, 0.3) is 11.8 Å². The zero-order valence-electron chi connectivity index (χ0n) is 27.4. The summed E-state index contributed by atoms with van der Waals surface area (Å²) in [5, 5.41) is 7.93. The number of nitrogens with zero attached hydrogens (tertiary/aromatic N) is 1. The number of benzene rings is 4. The largest absolute Gasteiger partial charge is 0.462 e. The number of amides is 3. The quantitative estimate of drug-likeness (QED) is 0.0470. The van der Waals surface area contributed by atoms with Crippen LogP contribution in [0.3, 0.4) is 0 Å². The van der Waals surface area contributed by atoms with Crippen LogP contribution in [0.1, 0.15) is 56.9 Å². The normalized spacial score (nSPS) is 11.6. The minimum absolute atomic E-state index is 0.0486. The summed E-state index contributed by atoms with van der Waals surface area (Å²) in [6.07, 6.45) is 6.51. The predicted molar refractivity (Wildman–Crippen MR) is 196 cm³/mol. The van der Waals surface area contributed by atoms with Gasteiger partial charge in [0.1, 0.15) is 10.9 Å². The number of anilines is 2. The summed E-state index contributed by atoms with van der Waals surface area (Å²) in [7, 11) is 0. The molecule has 0 saturated heterocycles. The number of carbonyl (C=O) groups is 4. The van der Waals surface area contributed by atoms with Crippen molar-refractivity contribution in [3.63, 3.8) is 0 Å². The Balaban J connectivity index is 1.27. The summed E-state index contributed by atoms with van der Waals surface area (Å²) in [6.45, 7) is 2.40. The van der Waals surface area contributed by atoms with Crippen molar-refractivity contribution in [1.82, 2.24) is 10.3 Å². The molecule has 10 heteroatoms. The van der Waals surface area contributed by atoms with Crippen molar-refractivity contribution in [3.8, 4) is 0 Å². The van der Waals surface area contributed by atoms with E-state index >= 15 is 0 Å². The van der Waals surface area contributed by atoms with Crippen molar-refractivity contribution >= 4 is 52.9 Å². The third kappa shape index (κ3) is 10.2. The Morgan fingerprint density at radius 2 is 1.42 bits per heavy atom. The number of esters is 1. The number of ether oxygens (including phenoxy) is 1. The highest BCUT2D eigenvalue weighted by atomic mass is 32.2. The Hall–Kier alpha value is -6.00. The molecule has 3 amide bonds. The summed E-state index contributed by atoms with van der Waals surface area (Å²) in [4.78, 5) is 57.1. The van der Waals surface area contributed by atoms with E-state index in [1.807, 2.05) is 49.4 Å². The lowest BCUT2D eigenvalue weighted by atomic mass is 10.1. The monoisotopic (exact) mass is 684 g/mol. The Labute approximate surface area is 295 Å². The van der Waals surface area contributed by atoms with E-state index in [0.29, 0.717) is 34.7 Å². The van der Waals surface area contributed by atoms with Crippen LogP contribution in [-0.2, 0) is 14.3 Å². The van der Waals surface area contributed by atoms with E-state index in [1.54, 1.807) is 97.3 Å². The first-order valence-corrected chi connectivity index (χ1v) is 17.0. The lowest BCUT2D eigenvalue weighted by molar-refractivity contribution is -0.116. The Morgan fingerprint density at radius 3 is 2.08 bits per heavy atom. The van der Waals surface area contributed by atoms with Crippen molar-refractivity contribution in [2.24, 2.45) is 0 Å².